The van der Waals surface area contributed by atoms with Crippen molar-refractivity contribution in [3.8, 4) is 0 Å². The number of hydrogen-bond donors (Lipinski definition) is 2. The van der Waals surface area contributed by atoms with E-state index in [1.807, 2.05) is 19.9 Å². The van der Waals surface area contributed by atoms with Crippen LogP contribution in [0.15, 0.2) is 18.2 Å². The molecule has 88 valence electrons. The first-order valence-electron chi connectivity index (χ1n) is 5.43. The number of amides is 1. The molecule has 1 aromatic carbocycles. The van der Waals surface area contributed by atoms with Crippen molar-refractivity contribution in [3.63, 3.8) is 0 Å². The lowest BCUT2D eigenvalue weighted by atomic mass is 10.0. The van der Waals surface area contributed by atoms with E-state index in [1.165, 1.54) is 0 Å². The Morgan fingerprint density at radius 2 is 2.06 bits per heavy atom. The standard InChI is InChI=1S/C13H15N3O/c1-7-4-5-9(13(17)15-3)11-10(14)6-8(2)16-12(7)11/h4-6H,1-3H3,(H2,14,16)(H,15,17). The van der Waals surface area contributed by atoms with E-state index in [0.29, 0.717) is 11.3 Å². The molecule has 0 aliphatic carbocycles. The van der Waals surface area contributed by atoms with Gasteiger partial charge in [-0.3, -0.25) is 9.78 Å². The number of carbonyl (C=O) groups excluding carboxylic acids is 1. The highest BCUT2D eigenvalue weighted by Crippen LogP contribution is 2.27. The summed E-state index contributed by atoms with van der Waals surface area (Å²) < 4.78 is 0. The molecular weight excluding hydrogens is 214 g/mol. The van der Waals surface area contributed by atoms with E-state index >= 15 is 0 Å². The molecule has 0 radical (unpaired) electrons. The number of nitrogens with one attached hydrogen (secondary N) is 1. The van der Waals surface area contributed by atoms with Crippen LogP contribution in [0.25, 0.3) is 10.9 Å². The molecular formula is C13H15N3O. The van der Waals surface area contributed by atoms with Gasteiger partial charge in [0.25, 0.3) is 5.91 Å². The van der Waals surface area contributed by atoms with Crippen LogP contribution in [0.2, 0.25) is 0 Å². The third-order valence-corrected chi connectivity index (χ3v) is 2.79. The smallest absolute Gasteiger partial charge is 0.251 e. The van der Waals surface area contributed by atoms with Crippen LogP contribution in [-0.4, -0.2) is 17.9 Å². The molecule has 0 unspecified atom stereocenters. The summed E-state index contributed by atoms with van der Waals surface area (Å²) in [4.78, 5) is 16.2. The van der Waals surface area contributed by atoms with E-state index in [2.05, 4.69) is 10.3 Å². The average molecular weight is 229 g/mol. The predicted octanol–water partition coefficient (Wildman–Crippen LogP) is 1.79. The minimum atomic E-state index is -0.146. The van der Waals surface area contributed by atoms with Gasteiger partial charge in [0.05, 0.1) is 11.1 Å². The molecule has 1 heterocycles. The van der Waals surface area contributed by atoms with Gasteiger partial charge in [0.2, 0.25) is 0 Å². The molecule has 0 bridgehead atoms. The molecule has 1 amide bonds. The molecule has 4 heteroatoms. The minimum absolute atomic E-state index is 0.146. The molecule has 0 aliphatic heterocycles. The van der Waals surface area contributed by atoms with Crippen molar-refractivity contribution in [1.29, 1.82) is 0 Å². The number of nitrogens with zero attached hydrogens (tertiary/aromatic N) is 1. The largest absolute Gasteiger partial charge is 0.398 e. The highest BCUT2D eigenvalue weighted by molar-refractivity contribution is 6.10. The zero-order chi connectivity index (χ0) is 12.6. The molecule has 2 rings (SSSR count). The van der Waals surface area contributed by atoms with Crippen LogP contribution in [0.1, 0.15) is 21.6 Å². The number of nitrogen functional groups attached to an aromatic ring is 1. The summed E-state index contributed by atoms with van der Waals surface area (Å²) in [5.74, 6) is -0.146. The van der Waals surface area contributed by atoms with Crippen molar-refractivity contribution in [3.05, 3.63) is 35.0 Å². The van der Waals surface area contributed by atoms with Crippen molar-refractivity contribution in [2.24, 2.45) is 0 Å². The van der Waals surface area contributed by atoms with Gasteiger partial charge in [0, 0.05) is 23.8 Å². The summed E-state index contributed by atoms with van der Waals surface area (Å²) in [5, 5.41) is 3.34. The SMILES string of the molecule is CNC(=O)c1ccc(C)c2nc(C)cc(N)c12. The van der Waals surface area contributed by atoms with Gasteiger partial charge in [0.1, 0.15) is 0 Å². The average Bonchev–Trinajstić information content (AvgIpc) is 2.29. The monoisotopic (exact) mass is 229 g/mol. The number of rotatable bonds is 1. The molecule has 4 nitrogen and oxygen atoms in total. The Kier molecular flexibility index (Phi) is 2.71. The number of aryl methyl sites for hydroxylation is 2. The van der Waals surface area contributed by atoms with Gasteiger partial charge >= 0.3 is 0 Å². The van der Waals surface area contributed by atoms with Gasteiger partial charge in [-0.1, -0.05) is 6.07 Å². The zero-order valence-electron chi connectivity index (χ0n) is 10.2. The fraction of sp³-hybridized carbons (Fsp3) is 0.231. The second-order valence-electron chi connectivity index (χ2n) is 4.09. The van der Waals surface area contributed by atoms with E-state index < -0.39 is 0 Å². The number of nitrogens with two attached hydrogens (primary N) is 1. The Labute approximate surface area is 99.8 Å². The zero-order valence-corrected chi connectivity index (χ0v) is 10.2. The Balaban J connectivity index is 2.89. The van der Waals surface area contributed by atoms with Crippen LogP contribution >= 0.6 is 0 Å². The summed E-state index contributed by atoms with van der Waals surface area (Å²) in [6, 6.07) is 5.46. The third-order valence-electron chi connectivity index (χ3n) is 2.79. The van der Waals surface area contributed by atoms with E-state index in [9.17, 15) is 4.79 Å². The normalized spacial score (nSPS) is 10.5. The Morgan fingerprint density at radius 1 is 1.35 bits per heavy atom. The number of carbonyl (C=O) groups is 1. The fourth-order valence-corrected chi connectivity index (χ4v) is 1.96. The van der Waals surface area contributed by atoms with Gasteiger partial charge < -0.3 is 11.1 Å². The highest BCUT2D eigenvalue weighted by Gasteiger charge is 2.13. The summed E-state index contributed by atoms with van der Waals surface area (Å²) in [7, 11) is 1.60. The maximum Gasteiger partial charge on any atom is 0.251 e. The van der Waals surface area contributed by atoms with Gasteiger partial charge in [-0.25, -0.2) is 0 Å². The Bertz CT molecular complexity index is 605. The number of benzene rings is 1. The lowest BCUT2D eigenvalue weighted by Crippen LogP contribution is -2.18. The molecule has 0 spiro atoms. The molecule has 17 heavy (non-hydrogen) atoms. The second-order valence-corrected chi connectivity index (χ2v) is 4.09. The van der Waals surface area contributed by atoms with Gasteiger partial charge in [0.15, 0.2) is 0 Å². The molecule has 0 saturated carbocycles. The first-order chi connectivity index (χ1) is 8.04. The topological polar surface area (TPSA) is 68.0 Å². The van der Waals surface area contributed by atoms with Crippen LogP contribution in [-0.2, 0) is 0 Å². The van der Waals surface area contributed by atoms with Crippen molar-refractivity contribution >= 4 is 22.5 Å². The molecule has 1 aromatic heterocycles. The summed E-state index contributed by atoms with van der Waals surface area (Å²) in [6.45, 7) is 3.85. The van der Waals surface area contributed by atoms with Crippen molar-refractivity contribution in [2.75, 3.05) is 12.8 Å². The molecule has 0 fully saturated rings. The van der Waals surface area contributed by atoms with Crippen LogP contribution in [0.5, 0.6) is 0 Å². The summed E-state index contributed by atoms with van der Waals surface area (Å²) >= 11 is 0. The number of fused-ring (bicyclic) bond motifs is 1. The highest BCUT2D eigenvalue weighted by atomic mass is 16.1. The van der Waals surface area contributed by atoms with Crippen LogP contribution in [0, 0.1) is 13.8 Å². The van der Waals surface area contributed by atoms with E-state index in [4.69, 9.17) is 5.73 Å². The minimum Gasteiger partial charge on any atom is -0.398 e. The lowest BCUT2D eigenvalue weighted by molar-refractivity contribution is 0.0964. The molecule has 2 aromatic rings. The maximum absolute atomic E-state index is 11.8. The summed E-state index contributed by atoms with van der Waals surface area (Å²) in [6.07, 6.45) is 0. The second kappa shape index (κ2) is 4.05. The van der Waals surface area contributed by atoms with Gasteiger partial charge in [-0.2, -0.15) is 0 Å². The summed E-state index contributed by atoms with van der Waals surface area (Å²) in [5.41, 5.74) is 9.82. The van der Waals surface area contributed by atoms with Crippen LogP contribution < -0.4 is 11.1 Å². The maximum atomic E-state index is 11.8. The first kappa shape index (κ1) is 11.4. The first-order valence-corrected chi connectivity index (χ1v) is 5.43. The van der Waals surface area contributed by atoms with Gasteiger partial charge in [-0.15, -0.1) is 0 Å². The quantitative estimate of drug-likeness (QED) is 0.783. The van der Waals surface area contributed by atoms with E-state index in [0.717, 1.165) is 22.2 Å². The third kappa shape index (κ3) is 1.82. The van der Waals surface area contributed by atoms with Crippen LogP contribution in [0.4, 0.5) is 5.69 Å². The Hall–Kier alpha value is -2.10. The van der Waals surface area contributed by atoms with Crippen molar-refractivity contribution in [2.45, 2.75) is 13.8 Å². The van der Waals surface area contributed by atoms with E-state index in [-0.39, 0.29) is 5.91 Å². The molecule has 0 aliphatic rings. The van der Waals surface area contributed by atoms with Crippen LogP contribution in [0.3, 0.4) is 0 Å². The molecule has 0 atom stereocenters. The molecule has 3 N–H and O–H groups in total. The lowest BCUT2D eigenvalue weighted by Gasteiger charge is -2.10. The number of hydrogen-bond acceptors (Lipinski definition) is 3. The number of aromatic nitrogens is 1. The number of anilines is 1. The predicted molar refractivity (Wildman–Crippen MR) is 69.0 cm³/mol. The molecule has 0 saturated heterocycles. The Morgan fingerprint density at radius 3 is 2.71 bits per heavy atom. The van der Waals surface area contributed by atoms with E-state index in [1.54, 1.807) is 19.2 Å². The van der Waals surface area contributed by atoms with Crippen molar-refractivity contribution < 1.29 is 4.79 Å². The number of pyridine rings is 1. The van der Waals surface area contributed by atoms with Crippen molar-refractivity contribution in [1.82, 2.24) is 10.3 Å². The fourth-order valence-electron chi connectivity index (χ4n) is 1.96. The van der Waals surface area contributed by atoms with Gasteiger partial charge in [-0.05, 0) is 31.5 Å².